The van der Waals surface area contributed by atoms with E-state index < -0.39 is 26.8 Å². The summed E-state index contributed by atoms with van der Waals surface area (Å²) in [7, 11) is -4.05. The third kappa shape index (κ3) is 2.81. The molecule has 0 aliphatic carbocycles. The summed E-state index contributed by atoms with van der Waals surface area (Å²) in [5, 5.41) is 17.3. The topological polar surface area (TPSA) is 117 Å². The van der Waals surface area contributed by atoms with Crippen LogP contribution in [0.1, 0.15) is 16.1 Å². The van der Waals surface area contributed by atoms with E-state index in [9.17, 15) is 13.2 Å². The zero-order valence-electron chi connectivity index (χ0n) is 10.1. The molecule has 2 rings (SSSR count). The van der Waals surface area contributed by atoms with Gasteiger partial charge in [0.05, 0.1) is 12.3 Å². The number of aliphatic hydroxyl groups excluding tert-OH is 1. The summed E-state index contributed by atoms with van der Waals surface area (Å²) in [6, 6.07) is 8.38. The van der Waals surface area contributed by atoms with E-state index in [4.69, 9.17) is 14.6 Å². The van der Waals surface area contributed by atoms with Crippen LogP contribution in [-0.4, -0.2) is 24.6 Å². The van der Waals surface area contributed by atoms with E-state index in [1.807, 2.05) is 0 Å². The van der Waals surface area contributed by atoms with Crippen LogP contribution in [0.5, 0.6) is 0 Å². The van der Waals surface area contributed by atoms with Crippen LogP contribution in [0.3, 0.4) is 0 Å². The first-order valence-corrected chi connectivity index (χ1v) is 6.97. The Morgan fingerprint density at radius 1 is 1.20 bits per heavy atom. The summed E-state index contributed by atoms with van der Waals surface area (Å²) >= 11 is 0. The van der Waals surface area contributed by atoms with Crippen LogP contribution >= 0.6 is 0 Å². The number of hydrogen-bond acceptors (Lipinski definition) is 5. The van der Waals surface area contributed by atoms with Gasteiger partial charge in [-0.05, 0) is 18.2 Å². The van der Waals surface area contributed by atoms with Gasteiger partial charge in [-0.2, -0.15) is 8.42 Å². The third-order valence-corrected chi connectivity index (χ3v) is 3.73. The molecule has 0 unspecified atom stereocenters. The Kier molecular flexibility index (Phi) is 3.77. The summed E-state index contributed by atoms with van der Waals surface area (Å²) in [4.78, 5) is 10.7. The SMILES string of the molecule is O=C(O)c1ccc(S(=O)(=O)Nc2ccccc2CO)o1. The highest BCUT2D eigenvalue weighted by Crippen LogP contribution is 2.21. The summed E-state index contributed by atoms with van der Waals surface area (Å²) in [6.07, 6.45) is 0. The zero-order chi connectivity index (χ0) is 14.8. The lowest BCUT2D eigenvalue weighted by atomic mass is 10.2. The molecule has 0 bridgehead atoms. The van der Waals surface area contributed by atoms with Crippen molar-refractivity contribution in [1.82, 2.24) is 0 Å². The smallest absolute Gasteiger partial charge is 0.371 e. The summed E-state index contributed by atoms with van der Waals surface area (Å²) < 4.78 is 31.0. The van der Waals surface area contributed by atoms with Crippen molar-refractivity contribution in [1.29, 1.82) is 0 Å². The fourth-order valence-electron chi connectivity index (χ4n) is 1.53. The molecule has 1 aromatic heterocycles. The fraction of sp³-hybridized carbons (Fsp3) is 0.0833. The first kappa shape index (κ1) is 14.1. The molecule has 8 heteroatoms. The van der Waals surface area contributed by atoms with Gasteiger partial charge in [0.25, 0.3) is 10.0 Å². The van der Waals surface area contributed by atoms with Gasteiger partial charge in [-0.3, -0.25) is 4.72 Å². The number of aliphatic hydroxyl groups is 1. The van der Waals surface area contributed by atoms with Crippen LogP contribution in [-0.2, 0) is 16.6 Å². The number of para-hydroxylation sites is 1. The van der Waals surface area contributed by atoms with E-state index in [0.717, 1.165) is 12.1 Å². The van der Waals surface area contributed by atoms with E-state index >= 15 is 0 Å². The molecule has 0 spiro atoms. The minimum absolute atomic E-state index is 0.197. The van der Waals surface area contributed by atoms with Gasteiger partial charge in [0.1, 0.15) is 0 Å². The number of sulfonamides is 1. The molecule has 0 aliphatic heterocycles. The van der Waals surface area contributed by atoms with Gasteiger partial charge in [0.15, 0.2) is 0 Å². The van der Waals surface area contributed by atoms with E-state index in [1.165, 1.54) is 6.07 Å². The van der Waals surface area contributed by atoms with Crippen LogP contribution in [0.25, 0.3) is 0 Å². The highest BCUT2D eigenvalue weighted by molar-refractivity contribution is 7.92. The number of carboxylic acids is 1. The quantitative estimate of drug-likeness (QED) is 0.765. The molecule has 0 radical (unpaired) electrons. The third-order valence-electron chi connectivity index (χ3n) is 2.49. The number of anilines is 1. The van der Waals surface area contributed by atoms with Crippen molar-refractivity contribution >= 4 is 21.7 Å². The molecule has 0 saturated heterocycles. The molecule has 0 aliphatic rings. The number of aromatic carboxylic acids is 1. The van der Waals surface area contributed by atoms with Crippen LogP contribution in [0.4, 0.5) is 5.69 Å². The highest BCUT2D eigenvalue weighted by atomic mass is 32.2. The van der Waals surface area contributed by atoms with E-state index in [-0.39, 0.29) is 12.3 Å². The molecule has 0 atom stereocenters. The summed E-state index contributed by atoms with van der Waals surface area (Å²) in [6.45, 7) is -0.336. The van der Waals surface area contributed by atoms with Crippen molar-refractivity contribution < 1.29 is 27.8 Å². The second kappa shape index (κ2) is 5.35. The number of carbonyl (C=O) groups is 1. The fourth-order valence-corrected chi connectivity index (χ4v) is 2.57. The number of hydrogen-bond donors (Lipinski definition) is 3. The maximum Gasteiger partial charge on any atom is 0.371 e. The molecule has 2 aromatic rings. The van der Waals surface area contributed by atoms with Gasteiger partial charge < -0.3 is 14.6 Å². The molecule has 3 N–H and O–H groups in total. The minimum atomic E-state index is -4.05. The molecular formula is C12H11NO6S. The van der Waals surface area contributed by atoms with Crippen molar-refractivity contribution in [3.05, 3.63) is 47.7 Å². The molecular weight excluding hydrogens is 286 g/mol. The Hall–Kier alpha value is -2.32. The zero-order valence-corrected chi connectivity index (χ0v) is 10.9. The van der Waals surface area contributed by atoms with Crippen LogP contribution < -0.4 is 4.72 Å². The van der Waals surface area contributed by atoms with Gasteiger partial charge in [0.2, 0.25) is 10.9 Å². The Morgan fingerprint density at radius 3 is 2.50 bits per heavy atom. The van der Waals surface area contributed by atoms with Gasteiger partial charge in [-0.15, -0.1) is 0 Å². The van der Waals surface area contributed by atoms with E-state index in [1.54, 1.807) is 18.2 Å². The van der Waals surface area contributed by atoms with Crippen LogP contribution in [0.15, 0.2) is 45.9 Å². The van der Waals surface area contributed by atoms with Crippen molar-refractivity contribution in [2.45, 2.75) is 11.7 Å². The van der Waals surface area contributed by atoms with Crippen molar-refractivity contribution in [3.8, 4) is 0 Å². The predicted octanol–water partition coefficient (Wildman–Crippen LogP) is 1.27. The number of rotatable bonds is 5. The van der Waals surface area contributed by atoms with Gasteiger partial charge >= 0.3 is 5.97 Å². The van der Waals surface area contributed by atoms with Crippen molar-refractivity contribution in [3.63, 3.8) is 0 Å². The molecule has 0 fully saturated rings. The van der Waals surface area contributed by atoms with Crippen molar-refractivity contribution in [2.75, 3.05) is 4.72 Å². The summed E-state index contributed by atoms with van der Waals surface area (Å²) in [5.74, 6) is -1.83. The van der Waals surface area contributed by atoms with Crippen molar-refractivity contribution in [2.24, 2.45) is 0 Å². The van der Waals surface area contributed by atoms with E-state index in [2.05, 4.69) is 4.72 Å². The molecule has 1 heterocycles. The van der Waals surface area contributed by atoms with E-state index in [0.29, 0.717) is 5.56 Å². The Bertz CT molecular complexity index is 734. The van der Waals surface area contributed by atoms with Crippen LogP contribution in [0.2, 0.25) is 0 Å². The second-order valence-corrected chi connectivity index (χ2v) is 5.46. The number of furan rings is 1. The Balaban J connectivity index is 2.33. The molecule has 0 saturated carbocycles. The predicted molar refractivity (Wildman–Crippen MR) is 68.8 cm³/mol. The lowest BCUT2D eigenvalue weighted by Gasteiger charge is -2.09. The van der Waals surface area contributed by atoms with Crippen LogP contribution in [0, 0.1) is 0 Å². The normalized spacial score (nSPS) is 11.2. The average molecular weight is 297 g/mol. The second-order valence-electron chi connectivity index (χ2n) is 3.84. The average Bonchev–Trinajstić information content (AvgIpc) is 2.89. The summed E-state index contributed by atoms with van der Waals surface area (Å²) in [5.41, 5.74) is 0.587. The van der Waals surface area contributed by atoms with Gasteiger partial charge in [-0.1, -0.05) is 18.2 Å². The number of nitrogens with one attached hydrogen (secondary N) is 1. The number of carboxylic acid groups (broad SMARTS) is 1. The first-order chi connectivity index (χ1) is 9.44. The molecule has 1 aromatic carbocycles. The monoisotopic (exact) mass is 297 g/mol. The minimum Gasteiger partial charge on any atom is -0.475 e. The molecule has 20 heavy (non-hydrogen) atoms. The maximum absolute atomic E-state index is 12.0. The largest absolute Gasteiger partial charge is 0.475 e. The molecule has 106 valence electrons. The molecule has 0 amide bonds. The Labute approximate surface area is 114 Å². The first-order valence-electron chi connectivity index (χ1n) is 5.49. The lowest BCUT2D eigenvalue weighted by Crippen LogP contribution is -2.13. The standard InChI is InChI=1S/C12H11NO6S/c14-7-8-3-1-2-4-9(8)13-20(17,18)11-6-5-10(19-11)12(15)16/h1-6,13-14H,7H2,(H,15,16). The maximum atomic E-state index is 12.0. The Morgan fingerprint density at radius 2 is 1.90 bits per heavy atom. The van der Waals surface area contributed by atoms with Gasteiger partial charge in [0, 0.05) is 5.56 Å². The number of benzene rings is 1. The molecule has 7 nitrogen and oxygen atoms in total. The van der Waals surface area contributed by atoms with Gasteiger partial charge in [-0.25, -0.2) is 4.79 Å². The lowest BCUT2D eigenvalue weighted by molar-refractivity contribution is 0.0656. The highest BCUT2D eigenvalue weighted by Gasteiger charge is 2.21.